The molecule has 0 saturated carbocycles. The summed E-state index contributed by atoms with van der Waals surface area (Å²) < 4.78 is 4.73. The van der Waals surface area contributed by atoms with Crippen molar-refractivity contribution in [3.8, 4) is 6.07 Å². The topological polar surface area (TPSA) is 124 Å². The number of ether oxygens (including phenoxy) is 1. The predicted octanol–water partition coefficient (Wildman–Crippen LogP) is 0.367. The molecule has 0 aromatic rings. The van der Waals surface area contributed by atoms with Gasteiger partial charge in [-0.15, -0.1) is 0 Å². The maximum Gasteiger partial charge on any atom is 0.350 e. The largest absolute Gasteiger partial charge is 0.462 e. The lowest BCUT2D eigenvalue weighted by molar-refractivity contribution is -0.138. The highest BCUT2D eigenvalue weighted by Gasteiger charge is 2.44. The van der Waals surface area contributed by atoms with E-state index in [-0.39, 0.29) is 24.7 Å². The minimum atomic E-state index is -0.792. The van der Waals surface area contributed by atoms with Gasteiger partial charge in [0.1, 0.15) is 6.07 Å². The molecule has 108 valence electrons. The van der Waals surface area contributed by atoms with Crippen LogP contribution < -0.4 is 5.73 Å². The Bertz CT molecular complexity index is 518. The Balaban J connectivity index is 3.11. The molecule has 1 saturated heterocycles. The highest BCUT2D eigenvalue weighted by atomic mass is 16.5. The first-order chi connectivity index (χ1) is 9.24. The molecule has 0 aromatic heterocycles. The van der Waals surface area contributed by atoms with Crippen LogP contribution in [0.15, 0.2) is 11.8 Å². The standard InChI is InChI=1S/C12H17N5O3/c1-4-20-9(18)8(5-13)6-17-11(19)16(10(14)15)7-12(17,2)3/h6H,4,7H2,1-3H3,(H3,14,15). The van der Waals surface area contributed by atoms with Crippen LogP contribution in [0.1, 0.15) is 20.8 Å². The zero-order valence-electron chi connectivity index (χ0n) is 11.6. The van der Waals surface area contributed by atoms with E-state index in [9.17, 15) is 9.59 Å². The number of hydrogen-bond donors (Lipinski definition) is 2. The number of nitriles is 1. The number of amides is 2. The fraction of sp³-hybridized carbons (Fsp3) is 0.500. The number of nitrogens with zero attached hydrogens (tertiary/aromatic N) is 3. The van der Waals surface area contributed by atoms with Crippen molar-refractivity contribution < 1.29 is 14.3 Å². The summed E-state index contributed by atoms with van der Waals surface area (Å²) in [5.41, 5.74) is 4.35. The first-order valence-corrected chi connectivity index (χ1v) is 5.98. The molecule has 0 aromatic carbocycles. The van der Waals surface area contributed by atoms with Gasteiger partial charge in [-0.1, -0.05) is 0 Å². The Morgan fingerprint density at radius 1 is 1.65 bits per heavy atom. The summed E-state index contributed by atoms with van der Waals surface area (Å²) in [5.74, 6) is -1.17. The molecule has 8 nitrogen and oxygen atoms in total. The van der Waals surface area contributed by atoms with E-state index in [2.05, 4.69) is 0 Å². The number of esters is 1. The number of guanidine groups is 1. The molecular weight excluding hydrogens is 262 g/mol. The summed E-state index contributed by atoms with van der Waals surface area (Å²) in [6.45, 7) is 5.43. The van der Waals surface area contributed by atoms with Crippen LogP contribution in [0.2, 0.25) is 0 Å². The maximum absolute atomic E-state index is 12.1. The maximum atomic E-state index is 12.1. The molecule has 1 aliphatic rings. The van der Waals surface area contributed by atoms with Crippen molar-refractivity contribution in [2.45, 2.75) is 26.3 Å². The summed E-state index contributed by atoms with van der Waals surface area (Å²) in [7, 11) is 0. The van der Waals surface area contributed by atoms with Crippen LogP contribution in [0.3, 0.4) is 0 Å². The number of carbonyl (C=O) groups excluding carboxylic acids is 2. The van der Waals surface area contributed by atoms with Gasteiger partial charge < -0.3 is 10.5 Å². The second kappa shape index (κ2) is 5.61. The molecule has 3 N–H and O–H groups in total. The van der Waals surface area contributed by atoms with Gasteiger partial charge >= 0.3 is 12.0 Å². The third-order valence-corrected chi connectivity index (χ3v) is 2.80. The highest BCUT2D eigenvalue weighted by molar-refractivity contribution is 5.98. The number of carbonyl (C=O) groups is 2. The number of rotatable bonds is 3. The van der Waals surface area contributed by atoms with Crippen LogP contribution in [-0.2, 0) is 9.53 Å². The predicted molar refractivity (Wildman–Crippen MR) is 70.3 cm³/mol. The molecule has 0 atom stereocenters. The van der Waals surface area contributed by atoms with Crippen LogP contribution in [0.4, 0.5) is 4.79 Å². The number of nitrogens with two attached hydrogens (primary N) is 1. The van der Waals surface area contributed by atoms with Crippen LogP contribution in [-0.4, -0.2) is 46.5 Å². The molecule has 0 bridgehead atoms. The quantitative estimate of drug-likeness (QED) is 0.254. The third-order valence-electron chi connectivity index (χ3n) is 2.80. The zero-order chi connectivity index (χ0) is 15.5. The summed E-state index contributed by atoms with van der Waals surface area (Å²) in [4.78, 5) is 26.0. The summed E-state index contributed by atoms with van der Waals surface area (Å²) in [5, 5.41) is 16.3. The van der Waals surface area contributed by atoms with Crippen molar-refractivity contribution in [3.63, 3.8) is 0 Å². The Labute approximate surface area is 116 Å². The lowest BCUT2D eigenvalue weighted by Gasteiger charge is -2.26. The molecule has 0 unspecified atom stereocenters. The van der Waals surface area contributed by atoms with Crippen molar-refractivity contribution in [2.75, 3.05) is 13.2 Å². The molecule has 1 rings (SSSR count). The van der Waals surface area contributed by atoms with E-state index < -0.39 is 17.5 Å². The second-order valence-corrected chi connectivity index (χ2v) is 4.81. The van der Waals surface area contributed by atoms with Gasteiger partial charge in [-0.3, -0.25) is 15.2 Å². The van der Waals surface area contributed by atoms with E-state index in [1.165, 1.54) is 4.90 Å². The lowest BCUT2D eigenvalue weighted by Crippen LogP contribution is -2.39. The molecule has 0 radical (unpaired) electrons. The van der Waals surface area contributed by atoms with E-state index in [4.69, 9.17) is 21.1 Å². The van der Waals surface area contributed by atoms with E-state index in [0.717, 1.165) is 11.1 Å². The fourth-order valence-corrected chi connectivity index (χ4v) is 1.80. The highest BCUT2D eigenvalue weighted by Crippen LogP contribution is 2.26. The van der Waals surface area contributed by atoms with Gasteiger partial charge in [0.2, 0.25) is 0 Å². The minimum absolute atomic E-state index is 0.134. The Morgan fingerprint density at radius 2 is 2.25 bits per heavy atom. The zero-order valence-corrected chi connectivity index (χ0v) is 11.6. The van der Waals surface area contributed by atoms with E-state index >= 15 is 0 Å². The van der Waals surface area contributed by atoms with Crippen LogP contribution in [0, 0.1) is 16.7 Å². The van der Waals surface area contributed by atoms with Crippen molar-refractivity contribution >= 4 is 18.0 Å². The normalized spacial score (nSPS) is 17.9. The van der Waals surface area contributed by atoms with Crippen LogP contribution in [0.5, 0.6) is 0 Å². The molecular formula is C12H17N5O3. The van der Waals surface area contributed by atoms with Gasteiger partial charge in [0.15, 0.2) is 11.5 Å². The molecule has 1 aliphatic heterocycles. The molecule has 2 amide bonds. The van der Waals surface area contributed by atoms with Crippen molar-refractivity contribution in [1.82, 2.24) is 9.80 Å². The number of nitrogens with one attached hydrogen (secondary N) is 1. The van der Waals surface area contributed by atoms with Crippen molar-refractivity contribution in [1.29, 1.82) is 10.7 Å². The van der Waals surface area contributed by atoms with Gasteiger partial charge in [-0.25, -0.2) is 9.59 Å². The fourth-order valence-electron chi connectivity index (χ4n) is 1.80. The summed E-state index contributed by atoms with van der Waals surface area (Å²) in [6, 6.07) is 1.15. The number of hydrogen-bond acceptors (Lipinski definition) is 5. The Morgan fingerprint density at radius 3 is 2.65 bits per heavy atom. The SMILES string of the molecule is CCOC(=O)C(C#N)=CN1C(=O)N(C(=N)N)CC1(C)C. The average molecular weight is 279 g/mol. The molecule has 8 heteroatoms. The smallest absolute Gasteiger partial charge is 0.350 e. The summed E-state index contributed by atoms with van der Waals surface area (Å²) >= 11 is 0. The molecule has 20 heavy (non-hydrogen) atoms. The Kier molecular flexibility index (Phi) is 4.34. The van der Waals surface area contributed by atoms with Gasteiger partial charge in [0.25, 0.3) is 0 Å². The van der Waals surface area contributed by atoms with Gasteiger partial charge in [0, 0.05) is 6.20 Å². The van der Waals surface area contributed by atoms with E-state index in [1.807, 2.05) is 0 Å². The molecule has 0 spiro atoms. The first-order valence-electron chi connectivity index (χ1n) is 5.98. The first kappa shape index (κ1) is 15.5. The van der Waals surface area contributed by atoms with Crippen molar-refractivity contribution in [2.24, 2.45) is 5.73 Å². The number of urea groups is 1. The van der Waals surface area contributed by atoms with Crippen molar-refractivity contribution in [3.05, 3.63) is 11.8 Å². The van der Waals surface area contributed by atoms with Gasteiger partial charge in [-0.05, 0) is 20.8 Å². The van der Waals surface area contributed by atoms with Crippen LogP contribution in [0.25, 0.3) is 0 Å². The average Bonchev–Trinajstić information content (AvgIpc) is 2.58. The third kappa shape index (κ3) is 2.88. The van der Waals surface area contributed by atoms with Gasteiger partial charge in [0.05, 0.1) is 18.7 Å². The molecule has 1 heterocycles. The minimum Gasteiger partial charge on any atom is -0.462 e. The lowest BCUT2D eigenvalue weighted by atomic mass is 10.1. The van der Waals surface area contributed by atoms with Gasteiger partial charge in [-0.2, -0.15) is 5.26 Å². The summed E-state index contributed by atoms with van der Waals surface area (Å²) in [6.07, 6.45) is 1.14. The second-order valence-electron chi connectivity index (χ2n) is 4.81. The monoisotopic (exact) mass is 279 g/mol. The Hall–Kier alpha value is -2.56. The molecule has 0 aliphatic carbocycles. The van der Waals surface area contributed by atoms with Crippen LogP contribution >= 0.6 is 0 Å². The molecule has 1 fully saturated rings. The van der Waals surface area contributed by atoms with E-state index in [0.29, 0.717) is 0 Å². The van der Waals surface area contributed by atoms with E-state index in [1.54, 1.807) is 26.8 Å².